The van der Waals surface area contributed by atoms with Gasteiger partial charge in [-0.2, -0.15) is 0 Å². The molecule has 3 aromatic rings. The monoisotopic (exact) mass is 431 g/mol. The van der Waals surface area contributed by atoms with Crippen molar-refractivity contribution in [3.8, 4) is 11.4 Å². The number of fused-ring (bicyclic) bond motifs is 5. The van der Waals surface area contributed by atoms with E-state index >= 15 is 0 Å². The van der Waals surface area contributed by atoms with Crippen LogP contribution in [0.3, 0.4) is 0 Å². The minimum Gasteiger partial charge on any atom is -0.458 e. The number of benzene rings is 1. The van der Waals surface area contributed by atoms with Crippen molar-refractivity contribution < 1.29 is 14.6 Å². The highest BCUT2D eigenvalue weighted by atomic mass is 16.6. The first kappa shape index (κ1) is 20.6. The van der Waals surface area contributed by atoms with Gasteiger partial charge >= 0.3 is 5.97 Å². The first-order valence-corrected chi connectivity index (χ1v) is 10.9. The highest BCUT2D eigenvalue weighted by Gasteiger charge is 2.45. The van der Waals surface area contributed by atoms with Crippen molar-refractivity contribution in [3.63, 3.8) is 0 Å². The Kier molecular flexibility index (Phi) is 4.95. The number of ether oxygens (including phenoxy) is 1. The summed E-state index contributed by atoms with van der Waals surface area (Å²) in [6, 6.07) is 9.68. The first-order valence-electron chi connectivity index (χ1n) is 10.9. The van der Waals surface area contributed by atoms with E-state index < -0.39 is 11.6 Å². The van der Waals surface area contributed by atoms with E-state index in [-0.39, 0.29) is 18.6 Å². The predicted molar refractivity (Wildman–Crippen MR) is 122 cm³/mol. The van der Waals surface area contributed by atoms with E-state index in [1.807, 2.05) is 31.3 Å². The Morgan fingerprint density at radius 1 is 1.28 bits per heavy atom. The molecule has 0 unspecified atom stereocenters. The van der Waals surface area contributed by atoms with Crippen LogP contribution in [0.2, 0.25) is 0 Å². The number of carbonyl (C=O) groups excluding carboxylic acids is 1. The molecule has 2 aliphatic heterocycles. The van der Waals surface area contributed by atoms with Crippen LogP contribution in [0.25, 0.3) is 28.4 Å². The third kappa shape index (κ3) is 2.92. The molecule has 2 N–H and O–H groups in total. The maximum atomic E-state index is 13.4. The van der Waals surface area contributed by atoms with Crippen molar-refractivity contribution in [1.82, 2.24) is 14.9 Å². The smallest absolute Gasteiger partial charge is 0.343 e. The molecule has 0 radical (unpaired) electrons. The van der Waals surface area contributed by atoms with Crippen LogP contribution in [0.1, 0.15) is 42.0 Å². The Balaban J connectivity index is 1.75. The standard InChI is InChI=1S/C25H25N3O4/c1-3-25(31)19-12-21-22-17(13-28(21)23(29)18(19)14-32-24(25)30)15(8-6-7-11-26-2)16-9-4-5-10-20(16)27-22/h4-6,8-10,12,26,31H,3,7,11,13-14H2,1-2H3/b8-6+/t25-/m0/s1. The second kappa shape index (κ2) is 7.69. The Labute approximate surface area is 185 Å². The highest BCUT2D eigenvalue weighted by Crippen LogP contribution is 2.40. The number of hydrogen-bond donors (Lipinski definition) is 2. The molecule has 2 aromatic heterocycles. The largest absolute Gasteiger partial charge is 0.458 e. The minimum absolute atomic E-state index is 0.124. The second-order valence-corrected chi connectivity index (χ2v) is 8.27. The SMILES string of the molecule is CC[C@@]1(O)C(=O)OCc2c1cc1n(c2=O)Cc2c-1nc1ccccc1c2/C=C/CCNC. The fraction of sp³-hybridized carbons (Fsp3) is 0.320. The lowest BCUT2D eigenvalue weighted by Gasteiger charge is -2.31. The number of pyridine rings is 2. The van der Waals surface area contributed by atoms with Crippen molar-refractivity contribution in [2.75, 3.05) is 13.6 Å². The van der Waals surface area contributed by atoms with Gasteiger partial charge in [0, 0.05) is 16.5 Å². The summed E-state index contributed by atoms with van der Waals surface area (Å²) >= 11 is 0. The molecule has 5 rings (SSSR count). The van der Waals surface area contributed by atoms with Crippen LogP contribution in [-0.2, 0) is 28.3 Å². The minimum atomic E-state index is -1.82. The van der Waals surface area contributed by atoms with Crippen molar-refractivity contribution >= 4 is 22.9 Å². The fourth-order valence-corrected chi connectivity index (χ4v) is 4.68. The average molecular weight is 431 g/mol. The van der Waals surface area contributed by atoms with E-state index in [0.717, 1.165) is 35.0 Å². The molecule has 0 amide bonds. The van der Waals surface area contributed by atoms with Gasteiger partial charge in [-0.15, -0.1) is 0 Å². The molecule has 0 bridgehead atoms. The lowest BCUT2D eigenvalue weighted by molar-refractivity contribution is -0.172. The van der Waals surface area contributed by atoms with Gasteiger partial charge in [0.25, 0.3) is 5.56 Å². The second-order valence-electron chi connectivity index (χ2n) is 8.27. The molecule has 32 heavy (non-hydrogen) atoms. The summed E-state index contributed by atoms with van der Waals surface area (Å²) in [4.78, 5) is 30.6. The van der Waals surface area contributed by atoms with E-state index in [0.29, 0.717) is 29.1 Å². The van der Waals surface area contributed by atoms with Gasteiger partial charge < -0.3 is 19.7 Å². The summed E-state index contributed by atoms with van der Waals surface area (Å²) in [5, 5.41) is 15.2. The van der Waals surface area contributed by atoms with Crippen molar-refractivity contribution in [2.24, 2.45) is 0 Å². The van der Waals surface area contributed by atoms with Gasteiger partial charge in [0.05, 0.1) is 29.0 Å². The third-order valence-electron chi connectivity index (χ3n) is 6.48. The molecule has 0 spiro atoms. The Bertz CT molecular complexity index is 1340. The molecule has 2 aliphatic rings. The molecule has 0 fully saturated rings. The lowest BCUT2D eigenvalue weighted by Crippen LogP contribution is -2.44. The maximum Gasteiger partial charge on any atom is 0.343 e. The molecular formula is C25H25N3O4. The van der Waals surface area contributed by atoms with Crippen LogP contribution < -0.4 is 10.9 Å². The van der Waals surface area contributed by atoms with Crippen LogP contribution in [0.15, 0.2) is 41.2 Å². The number of nitrogens with zero attached hydrogens (tertiary/aromatic N) is 2. The summed E-state index contributed by atoms with van der Waals surface area (Å²) in [6.45, 7) is 2.84. The lowest BCUT2D eigenvalue weighted by atomic mass is 9.86. The molecule has 1 aromatic carbocycles. The molecule has 164 valence electrons. The van der Waals surface area contributed by atoms with Crippen LogP contribution in [0.5, 0.6) is 0 Å². The number of rotatable bonds is 5. The topological polar surface area (TPSA) is 93.5 Å². The zero-order valence-corrected chi connectivity index (χ0v) is 18.1. The van der Waals surface area contributed by atoms with Crippen molar-refractivity contribution in [2.45, 2.75) is 38.5 Å². The summed E-state index contributed by atoms with van der Waals surface area (Å²) in [6.07, 6.45) is 5.23. The quantitative estimate of drug-likeness (QED) is 0.373. The number of aromatic nitrogens is 2. The molecule has 1 atom stereocenters. The Hall–Kier alpha value is -3.29. The molecule has 0 saturated heterocycles. The first-order chi connectivity index (χ1) is 15.5. The molecule has 7 nitrogen and oxygen atoms in total. The number of esters is 1. The number of nitrogens with one attached hydrogen (secondary N) is 1. The van der Waals surface area contributed by atoms with Crippen molar-refractivity contribution in [1.29, 1.82) is 0 Å². The van der Waals surface area contributed by atoms with Crippen LogP contribution in [0, 0.1) is 0 Å². The normalized spacial score (nSPS) is 19.2. The van der Waals surface area contributed by atoms with E-state index in [9.17, 15) is 14.7 Å². The molecule has 0 aliphatic carbocycles. The van der Waals surface area contributed by atoms with E-state index in [4.69, 9.17) is 9.72 Å². The summed E-state index contributed by atoms with van der Waals surface area (Å²) < 4.78 is 6.83. The van der Waals surface area contributed by atoms with E-state index in [2.05, 4.69) is 17.5 Å². The van der Waals surface area contributed by atoms with Gasteiger partial charge in [-0.25, -0.2) is 9.78 Å². The zero-order chi connectivity index (χ0) is 22.5. The maximum absolute atomic E-state index is 13.4. The van der Waals surface area contributed by atoms with Gasteiger partial charge in [0.15, 0.2) is 5.60 Å². The van der Waals surface area contributed by atoms with Crippen molar-refractivity contribution in [3.05, 3.63) is 69.0 Å². The Morgan fingerprint density at radius 3 is 2.88 bits per heavy atom. The number of carbonyl (C=O) groups is 1. The highest BCUT2D eigenvalue weighted by molar-refractivity contribution is 5.93. The third-order valence-corrected chi connectivity index (χ3v) is 6.48. The number of hydrogen-bond acceptors (Lipinski definition) is 6. The molecule has 0 saturated carbocycles. The summed E-state index contributed by atoms with van der Waals surface area (Å²) in [5.41, 5.74) is 2.79. The van der Waals surface area contributed by atoms with E-state index in [1.165, 1.54) is 0 Å². The Morgan fingerprint density at radius 2 is 2.09 bits per heavy atom. The van der Waals surface area contributed by atoms with Gasteiger partial charge in [0.2, 0.25) is 0 Å². The van der Waals surface area contributed by atoms with Gasteiger partial charge in [-0.05, 0) is 44.1 Å². The summed E-state index contributed by atoms with van der Waals surface area (Å²) in [7, 11) is 1.92. The van der Waals surface area contributed by atoms with Crippen LogP contribution in [0.4, 0.5) is 0 Å². The summed E-state index contributed by atoms with van der Waals surface area (Å²) in [5.74, 6) is -0.713. The van der Waals surface area contributed by atoms with Gasteiger partial charge in [0.1, 0.15) is 6.61 Å². The van der Waals surface area contributed by atoms with Gasteiger partial charge in [-0.3, -0.25) is 4.79 Å². The fourth-order valence-electron chi connectivity index (χ4n) is 4.68. The number of aliphatic hydroxyl groups is 1. The molecule has 7 heteroatoms. The molecular weight excluding hydrogens is 406 g/mol. The van der Waals surface area contributed by atoms with Crippen LogP contribution >= 0.6 is 0 Å². The van der Waals surface area contributed by atoms with Gasteiger partial charge in [-0.1, -0.05) is 37.3 Å². The number of para-hydroxylation sites is 1. The van der Waals surface area contributed by atoms with Crippen LogP contribution in [-0.4, -0.2) is 34.2 Å². The number of cyclic esters (lactones) is 1. The average Bonchev–Trinajstić information content (AvgIpc) is 3.17. The zero-order valence-electron chi connectivity index (χ0n) is 18.1. The molecule has 4 heterocycles. The van der Waals surface area contributed by atoms with E-state index in [1.54, 1.807) is 17.6 Å². The predicted octanol–water partition coefficient (Wildman–Crippen LogP) is 2.70.